The van der Waals surface area contributed by atoms with E-state index in [4.69, 9.17) is 4.74 Å². The summed E-state index contributed by atoms with van der Waals surface area (Å²) in [7, 11) is 0. The Morgan fingerprint density at radius 1 is 1.04 bits per heavy atom. The van der Waals surface area contributed by atoms with Crippen molar-refractivity contribution in [2.45, 2.75) is 46.0 Å². The zero-order valence-corrected chi connectivity index (χ0v) is 15.6. The molecule has 0 heterocycles. The van der Waals surface area contributed by atoms with Crippen molar-refractivity contribution in [1.29, 1.82) is 0 Å². The second-order valence-electron chi connectivity index (χ2n) is 7.77. The molecule has 0 atom stereocenters. The van der Waals surface area contributed by atoms with Gasteiger partial charge in [0.05, 0.1) is 0 Å². The quantitative estimate of drug-likeness (QED) is 0.679. The lowest BCUT2D eigenvalue weighted by atomic mass is 9.69. The Balaban J connectivity index is 1.97. The molecule has 1 fully saturated rings. The van der Waals surface area contributed by atoms with Crippen LogP contribution in [0, 0.1) is 17.0 Å². The van der Waals surface area contributed by atoms with Crippen LogP contribution in [-0.2, 0) is 16.0 Å². The molecule has 2 aromatic rings. The van der Waals surface area contributed by atoms with E-state index in [0.717, 1.165) is 17.7 Å². The number of carbonyl (C=O) groups is 2. The molecule has 0 aliphatic heterocycles. The van der Waals surface area contributed by atoms with Crippen LogP contribution in [-0.4, -0.2) is 11.6 Å². The lowest BCUT2D eigenvalue weighted by Gasteiger charge is -2.33. The molecule has 1 aliphatic rings. The number of hydrogen-bond donors (Lipinski definition) is 0. The van der Waals surface area contributed by atoms with E-state index in [-0.39, 0.29) is 22.7 Å². The summed E-state index contributed by atoms with van der Waals surface area (Å²) in [5.74, 6) is -2.33. The zero-order chi connectivity index (χ0) is 19.8. The van der Waals surface area contributed by atoms with Gasteiger partial charge in [0.15, 0.2) is 11.6 Å². The monoisotopic (exact) mass is 372 g/mol. The van der Waals surface area contributed by atoms with E-state index < -0.39 is 17.6 Å². The Kier molecular flexibility index (Phi) is 5.13. The normalized spacial score (nSPS) is 17.2. The first kappa shape index (κ1) is 19.2. The molecule has 0 bridgehead atoms. The second-order valence-corrected chi connectivity index (χ2v) is 7.77. The maximum Gasteiger partial charge on any atom is 0.168 e. The number of aryl methyl sites for hydroxylation is 1. The Hall–Kier alpha value is -2.56. The van der Waals surface area contributed by atoms with Gasteiger partial charge in [0.2, 0.25) is 0 Å². The maximum absolute atomic E-state index is 13.9. The summed E-state index contributed by atoms with van der Waals surface area (Å²) in [6.07, 6.45) is 1.33. The number of ether oxygens (including phenoxy) is 1. The van der Waals surface area contributed by atoms with Gasteiger partial charge >= 0.3 is 0 Å². The molecule has 0 radical (unpaired) electrons. The van der Waals surface area contributed by atoms with Gasteiger partial charge in [-0.25, -0.2) is 8.78 Å². The fourth-order valence-electron chi connectivity index (χ4n) is 3.65. The highest BCUT2D eigenvalue weighted by Crippen LogP contribution is 2.40. The summed E-state index contributed by atoms with van der Waals surface area (Å²) in [6, 6.07) is 8.13. The number of ketones is 2. The third-order valence-corrected chi connectivity index (χ3v) is 4.88. The average Bonchev–Trinajstić information content (AvgIpc) is 2.56. The molecule has 0 spiro atoms. The standard InChI is InChI=1S/C22H22F2O3/c1-4-13-5-7-15(27-20-8-6-14(23)9-17(20)24)10-16(13)21-18(25)11-22(2,3)12-19(21)26/h5-10,21H,4,11-12H2,1-3H3. The van der Waals surface area contributed by atoms with E-state index in [1.807, 2.05) is 20.8 Å². The lowest BCUT2D eigenvalue weighted by Crippen LogP contribution is -2.36. The van der Waals surface area contributed by atoms with E-state index in [1.54, 1.807) is 18.2 Å². The number of rotatable bonds is 4. The molecule has 5 heteroatoms. The van der Waals surface area contributed by atoms with Gasteiger partial charge in [-0.2, -0.15) is 0 Å². The van der Waals surface area contributed by atoms with Crippen molar-refractivity contribution in [3.63, 3.8) is 0 Å². The van der Waals surface area contributed by atoms with Crippen molar-refractivity contribution in [1.82, 2.24) is 0 Å². The summed E-state index contributed by atoms with van der Waals surface area (Å²) >= 11 is 0. The fourth-order valence-corrected chi connectivity index (χ4v) is 3.65. The molecule has 3 rings (SSSR count). The Morgan fingerprint density at radius 2 is 1.70 bits per heavy atom. The molecule has 3 nitrogen and oxygen atoms in total. The lowest BCUT2D eigenvalue weighted by molar-refractivity contribution is -0.135. The SMILES string of the molecule is CCc1ccc(Oc2ccc(F)cc2F)cc1C1C(=O)CC(C)(C)CC1=O. The maximum atomic E-state index is 13.9. The minimum Gasteiger partial charge on any atom is -0.454 e. The summed E-state index contributed by atoms with van der Waals surface area (Å²) in [5.41, 5.74) is 1.17. The third kappa shape index (κ3) is 4.07. The summed E-state index contributed by atoms with van der Waals surface area (Å²) in [4.78, 5) is 25.4. The summed E-state index contributed by atoms with van der Waals surface area (Å²) < 4.78 is 32.5. The number of hydrogen-bond acceptors (Lipinski definition) is 3. The van der Waals surface area contributed by atoms with Crippen molar-refractivity contribution in [3.8, 4) is 11.5 Å². The molecule has 27 heavy (non-hydrogen) atoms. The van der Waals surface area contributed by atoms with Crippen LogP contribution in [0.15, 0.2) is 36.4 Å². The third-order valence-electron chi connectivity index (χ3n) is 4.88. The van der Waals surface area contributed by atoms with Gasteiger partial charge in [0, 0.05) is 18.9 Å². The molecular formula is C22H22F2O3. The Bertz CT molecular complexity index is 882. The first-order chi connectivity index (χ1) is 12.7. The van der Waals surface area contributed by atoms with E-state index in [1.165, 1.54) is 6.07 Å². The highest BCUT2D eigenvalue weighted by molar-refractivity contribution is 6.10. The van der Waals surface area contributed by atoms with Crippen molar-refractivity contribution in [2.24, 2.45) is 5.41 Å². The average molecular weight is 372 g/mol. The molecule has 2 aromatic carbocycles. The van der Waals surface area contributed by atoms with Gasteiger partial charge in [0.1, 0.15) is 29.1 Å². The van der Waals surface area contributed by atoms with Crippen LogP contribution in [0.25, 0.3) is 0 Å². The zero-order valence-electron chi connectivity index (χ0n) is 15.6. The van der Waals surface area contributed by atoms with Gasteiger partial charge in [-0.15, -0.1) is 0 Å². The first-order valence-corrected chi connectivity index (χ1v) is 9.01. The van der Waals surface area contributed by atoms with Crippen LogP contribution in [0.3, 0.4) is 0 Å². The van der Waals surface area contributed by atoms with Crippen LogP contribution in [0.2, 0.25) is 0 Å². The molecule has 0 amide bonds. The summed E-state index contributed by atoms with van der Waals surface area (Å²) in [5, 5.41) is 0. The number of benzene rings is 2. The smallest absolute Gasteiger partial charge is 0.168 e. The van der Waals surface area contributed by atoms with E-state index in [0.29, 0.717) is 30.6 Å². The highest BCUT2D eigenvalue weighted by Gasteiger charge is 2.41. The molecule has 1 aliphatic carbocycles. The molecule has 1 saturated carbocycles. The predicted molar refractivity (Wildman–Crippen MR) is 98.0 cm³/mol. The molecular weight excluding hydrogens is 350 g/mol. The Morgan fingerprint density at radius 3 is 2.30 bits per heavy atom. The van der Waals surface area contributed by atoms with Crippen molar-refractivity contribution in [3.05, 3.63) is 59.2 Å². The molecule has 0 unspecified atom stereocenters. The minimum absolute atomic E-state index is 0.101. The summed E-state index contributed by atoms with van der Waals surface area (Å²) in [6.45, 7) is 5.77. The molecule has 0 N–H and O–H groups in total. The van der Waals surface area contributed by atoms with Crippen LogP contribution in [0.4, 0.5) is 8.78 Å². The fraction of sp³-hybridized carbons (Fsp3) is 0.364. The second kappa shape index (κ2) is 7.22. The van der Waals surface area contributed by atoms with Crippen molar-refractivity contribution < 1.29 is 23.1 Å². The topological polar surface area (TPSA) is 43.4 Å². The van der Waals surface area contributed by atoms with Crippen molar-refractivity contribution >= 4 is 11.6 Å². The van der Waals surface area contributed by atoms with Gasteiger partial charge in [-0.05, 0) is 47.2 Å². The van der Waals surface area contributed by atoms with Gasteiger partial charge < -0.3 is 4.74 Å². The van der Waals surface area contributed by atoms with E-state index in [9.17, 15) is 18.4 Å². The molecule has 0 aromatic heterocycles. The van der Waals surface area contributed by atoms with Crippen molar-refractivity contribution in [2.75, 3.05) is 0 Å². The van der Waals surface area contributed by atoms with Crippen LogP contribution in [0.1, 0.15) is 50.7 Å². The number of carbonyl (C=O) groups excluding carboxylic acids is 2. The van der Waals surface area contributed by atoms with Gasteiger partial charge in [-0.1, -0.05) is 26.8 Å². The largest absolute Gasteiger partial charge is 0.454 e. The van der Waals surface area contributed by atoms with Crippen LogP contribution < -0.4 is 4.74 Å². The first-order valence-electron chi connectivity index (χ1n) is 9.01. The van der Waals surface area contributed by atoms with Crippen LogP contribution >= 0.6 is 0 Å². The van der Waals surface area contributed by atoms with E-state index >= 15 is 0 Å². The molecule has 142 valence electrons. The Labute approximate surface area is 157 Å². The number of halogens is 2. The molecule has 0 saturated heterocycles. The van der Waals surface area contributed by atoms with Crippen LogP contribution in [0.5, 0.6) is 11.5 Å². The van der Waals surface area contributed by atoms with E-state index in [2.05, 4.69) is 0 Å². The van der Waals surface area contributed by atoms with Gasteiger partial charge in [0.25, 0.3) is 0 Å². The highest BCUT2D eigenvalue weighted by atomic mass is 19.1. The predicted octanol–water partition coefficient (Wildman–Crippen LogP) is 5.36. The minimum atomic E-state index is -0.817. The number of Topliss-reactive ketones (excluding diaryl/α,β-unsaturated/α-hetero) is 2. The van der Waals surface area contributed by atoms with Gasteiger partial charge in [-0.3, -0.25) is 9.59 Å².